The van der Waals surface area contributed by atoms with Crippen LogP contribution in [0.3, 0.4) is 0 Å². The second-order valence-electron chi connectivity index (χ2n) is 4.04. The second kappa shape index (κ2) is 10.2. The van der Waals surface area contributed by atoms with Crippen molar-refractivity contribution in [2.24, 2.45) is 0 Å². The SMILES string of the molecule is C=C(CCCC)OP(=O)(C#CCCCC)OCC. The molecule has 0 aliphatic heterocycles. The van der Waals surface area contributed by atoms with Gasteiger partial charge in [0.1, 0.15) is 0 Å². The first-order valence-electron chi connectivity index (χ1n) is 6.70. The van der Waals surface area contributed by atoms with Gasteiger partial charge in [0.15, 0.2) is 0 Å². The van der Waals surface area contributed by atoms with Gasteiger partial charge in [0, 0.05) is 18.5 Å². The maximum absolute atomic E-state index is 12.3. The summed E-state index contributed by atoms with van der Waals surface area (Å²) in [7, 11) is -3.32. The summed E-state index contributed by atoms with van der Waals surface area (Å²) in [5.41, 5.74) is 2.64. The van der Waals surface area contributed by atoms with Gasteiger partial charge in [-0.1, -0.05) is 39.2 Å². The van der Waals surface area contributed by atoms with Gasteiger partial charge in [-0.3, -0.25) is 4.52 Å². The third-order valence-corrected chi connectivity index (χ3v) is 3.76. The summed E-state index contributed by atoms with van der Waals surface area (Å²) in [5, 5.41) is 0. The summed E-state index contributed by atoms with van der Waals surface area (Å²) >= 11 is 0. The molecule has 0 spiro atoms. The molecule has 4 heteroatoms. The Morgan fingerprint density at radius 1 is 1.22 bits per heavy atom. The second-order valence-corrected chi connectivity index (χ2v) is 5.70. The lowest BCUT2D eigenvalue weighted by atomic mass is 10.2. The van der Waals surface area contributed by atoms with E-state index >= 15 is 0 Å². The van der Waals surface area contributed by atoms with Gasteiger partial charge in [0.25, 0.3) is 0 Å². The van der Waals surface area contributed by atoms with Gasteiger partial charge in [-0.05, 0) is 19.8 Å². The van der Waals surface area contributed by atoms with Crippen molar-refractivity contribution in [3.63, 3.8) is 0 Å². The average molecular weight is 272 g/mol. The van der Waals surface area contributed by atoms with E-state index in [9.17, 15) is 4.57 Å². The van der Waals surface area contributed by atoms with Gasteiger partial charge in [-0.15, -0.1) is 0 Å². The van der Waals surface area contributed by atoms with Crippen LogP contribution in [0.1, 0.15) is 59.3 Å². The van der Waals surface area contributed by atoms with Gasteiger partial charge < -0.3 is 4.52 Å². The molecule has 0 radical (unpaired) electrons. The Morgan fingerprint density at radius 3 is 2.44 bits per heavy atom. The normalized spacial score (nSPS) is 13.3. The minimum Gasteiger partial charge on any atom is -0.421 e. The van der Waals surface area contributed by atoms with Crippen LogP contribution in [0.25, 0.3) is 0 Å². The van der Waals surface area contributed by atoms with E-state index in [1.54, 1.807) is 6.92 Å². The number of hydrogen-bond donors (Lipinski definition) is 0. The smallest absolute Gasteiger partial charge is 0.421 e. The fourth-order valence-corrected chi connectivity index (χ4v) is 2.50. The molecule has 1 atom stereocenters. The van der Waals surface area contributed by atoms with Crippen LogP contribution in [0.5, 0.6) is 0 Å². The van der Waals surface area contributed by atoms with E-state index in [1.165, 1.54) is 0 Å². The van der Waals surface area contributed by atoms with Crippen LogP contribution in [0.2, 0.25) is 0 Å². The Morgan fingerprint density at radius 2 is 1.89 bits per heavy atom. The van der Waals surface area contributed by atoms with E-state index in [0.717, 1.165) is 32.1 Å². The number of allylic oxidation sites excluding steroid dienone is 1. The van der Waals surface area contributed by atoms with Crippen molar-refractivity contribution in [2.75, 3.05) is 6.61 Å². The lowest BCUT2D eigenvalue weighted by Crippen LogP contribution is -1.94. The third kappa shape index (κ3) is 8.39. The van der Waals surface area contributed by atoms with Crippen LogP contribution in [-0.2, 0) is 13.6 Å². The summed E-state index contributed by atoms with van der Waals surface area (Å²) in [4.78, 5) is 0. The van der Waals surface area contributed by atoms with Crippen LogP contribution in [0, 0.1) is 11.6 Å². The van der Waals surface area contributed by atoms with Gasteiger partial charge in [-0.25, -0.2) is 4.57 Å². The van der Waals surface area contributed by atoms with Gasteiger partial charge in [0.05, 0.1) is 12.4 Å². The molecule has 0 saturated carbocycles. The molecule has 0 aromatic heterocycles. The summed E-state index contributed by atoms with van der Waals surface area (Å²) in [6, 6.07) is 0. The molecule has 0 heterocycles. The lowest BCUT2D eigenvalue weighted by molar-refractivity contribution is 0.256. The topological polar surface area (TPSA) is 35.5 Å². The van der Waals surface area contributed by atoms with Crippen molar-refractivity contribution >= 4 is 7.60 Å². The Hall–Kier alpha value is -0.710. The molecule has 0 rings (SSSR count). The first kappa shape index (κ1) is 17.3. The molecule has 1 unspecified atom stereocenters. The molecule has 0 amide bonds. The lowest BCUT2D eigenvalue weighted by Gasteiger charge is -2.14. The van der Waals surface area contributed by atoms with Crippen LogP contribution < -0.4 is 0 Å². The largest absolute Gasteiger partial charge is 0.456 e. The van der Waals surface area contributed by atoms with Crippen molar-refractivity contribution in [1.29, 1.82) is 0 Å². The predicted molar refractivity (Wildman–Crippen MR) is 76.3 cm³/mol. The minimum atomic E-state index is -3.32. The van der Waals surface area contributed by atoms with Crippen LogP contribution in [0.4, 0.5) is 0 Å². The van der Waals surface area contributed by atoms with E-state index < -0.39 is 7.60 Å². The first-order chi connectivity index (χ1) is 8.58. The van der Waals surface area contributed by atoms with E-state index in [2.05, 4.69) is 32.0 Å². The molecular formula is C14H25O3P. The third-order valence-electron chi connectivity index (χ3n) is 2.23. The molecule has 3 nitrogen and oxygen atoms in total. The Kier molecular flexibility index (Phi) is 9.83. The molecule has 0 fully saturated rings. The summed E-state index contributed by atoms with van der Waals surface area (Å²) in [6.45, 7) is 10.0. The summed E-state index contributed by atoms with van der Waals surface area (Å²) in [5.74, 6) is 3.37. The van der Waals surface area contributed by atoms with E-state index in [-0.39, 0.29) is 0 Å². The number of unbranched alkanes of at least 4 members (excludes halogenated alkanes) is 3. The van der Waals surface area contributed by atoms with Crippen molar-refractivity contribution < 1.29 is 13.6 Å². The molecule has 104 valence electrons. The molecule has 0 aromatic carbocycles. The summed E-state index contributed by atoms with van der Waals surface area (Å²) < 4.78 is 22.8. The first-order valence-corrected chi connectivity index (χ1v) is 8.24. The molecular weight excluding hydrogens is 247 g/mol. The van der Waals surface area contributed by atoms with Gasteiger partial charge >= 0.3 is 7.60 Å². The molecule has 0 aliphatic carbocycles. The minimum absolute atomic E-state index is 0.320. The molecule has 18 heavy (non-hydrogen) atoms. The van der Waals surface area contributed by atoms with Crippen molar-refractivity contribution in [2.45, 2.75) is 59.3 Å². The monoisotopic (exact) mass is 272 g/mol. The van der Waals surface area contributed by atoms with E-state index in [1.807, 2.05) is 0 Å². The molecule has 0 aliphatic rings. The van der Waals surface area contributed by atoms with Crippen LogP contribution in [-0.4, -0.2) is 6.61 Å². The maximum atomic E-state index is 12.3. The standard InChI is InChI=1S/C14H25O3P/c1-5-8-10-11-13-18(15,16-7-3)17-14(4)12-9-6-2/h4-10,12H2,1-3H3. The highest BCUT2D eigenvalue weighted by molar-refractivity contribution is 7.59. The number of rotatable bonds is 9. The zero-order chi connectivity index (χ0) is 13.9. The van der Waals surface area contributed by atoms with Crippen LogP contribution in [0.15, 0.2) is 12.3 Å². The van der Waals surface area contributed by atoms with Crippen molar-refractivity contribution in [3.8, 4) is 11.6 Å². The molecule has 0 N–H and O–H groups in total. The zero-order valence-corrected chi connectivity index (χ0v) is 12.7. The number of hydrogen-bond acceptors (Lipinski definition) is 3. The average Bonchev–Trinajstić information content (AvgIpc) is 2.32. The fraction of sp³-hybridized carbons (Fsp3) is 0.714. The van der Waals surface area contributed by atoms with Crippen molar-refractivity contribution in [1.82, 2.24) is 0 Å². The zero-order valence-electron chi connectivity index (χ0n) is 11.8. The predicted octanol–water partition coefficient (Wildman–Crippen LogP) is 5.09. The molecule has 0 aromatic rings. The highest BCUT2D eigenvalue weighted by Crippen LogP contribution is 2.49. The fourth-order valence-electron chi connectivity index (χ4n) is 1.26. The van der Waals surface area contributed by atoms with Crippen molar-refractivity contribution in [3.05, 3.63) is 12.3 Å². The molecule has 0 bridgehead atoms. The van der Waals surface area contributed by atoms with E-state index in [0.29, 0.717) is 18.8 Å². The van der Waals surface area contributed by atoms with Gasteiger partial charge in [0.2, 0.25) is 0 Å². The summed E-state index contributed by atoms with van der Waals surface area (Å²) in [6.07, 6.45) is 5.49. The Balaban J connectivity index is 4.44. The highest BCUT2D eigenvalue weighted by atomic mass is 31.2. The Bertz CT molecular complexity index is 339. The van der Waals surface area contributed by atoms with E-state index in [4.69, 9.17) is 9.05 Å². The quantitative estimate of drug-likeness (QED) is 0.254. The van der Waals surface area contributed by atoms with Gasteiger partial charge in [-0.2, -0.15) is 0 Å². The van der Waals surface area contributed by atoms with Crippen LogP contribution >= 0.6 is 7.60 Å². The Labute approximate surface area is 111 Å². The molecule has 0 saturated heterocycles. The highest BCUT2D eigenvalue weighted by Gasteiger charge is 2.22. The maximum Gasteiger partial charge on any atom is 0.456 e.